The van der Waals surface area contributed by atoms with Gasteiger partial charge in [0.2, 0.25) is 0 Å². The Balaban J connectivity index is 1.94. The molecule has 3 nitrogen and oxygen atoms in total. The molecule has 3 heteroatoms. The third-order valence-electron chi connectivity index (χ3n) is 4.38. The smallest absolute Gasteiger partial charge is 0.117 e. The molecule has 0 bridgehead atoms. The summed E-state index contributed by atoms with van der Waals surface area (Å²) in [4.78, 5) is 2.53. The van der Waals surface area contributed by atoms with E-state index in [1.165, 1.54) is 32.2 Å². The molecule has 2 rings (SSSR count). The second-order valence-corrected chi connectivity index (χ2v) is 5.87. The average Bonchev–Trinajstić information content (AvgIpc) is 3.08. The molecule has 108 valence electrons. The molecule has 0 spiro atoms. The van der Waals surface area contributed by atoms with E-state index >= 15 is 0 Å². The van der Waals surface area contributed by atoms with Gasteiger partial charge in [0, 0.05) is 13.1 Å². The van der Waals surface area contributed by atoms with Gasteiger partial charge in [-0.3, -0.25) is 4.90 Å². The largest absolute Gasteiger partial charge is 0.468 e. The zero-order chi connectivity index (χ0) is 13.6. The van der Waals surface area contributed by atoms with Gasteiger partial charge in [0.15, 0.2) is 0 Å². The first-order valence-electron chi connectivity index (χ1n) is 7.73. The van der Waals surface area contributed by atoms with E-state index in [0.29, 0.717) is 5.41 Å². The van der Waals surface area contributed by atoms with Gasteiger partial charge in [0.25, 0.3) is 0 Å². The normalized spacial score (nSPS) is 18.3. The van der Waals surface area contributed by atoms with E-state index in [-0.39, 0.29) is 0 Å². The summed E-state index contributed by atoms with van der Waals surface area (Å²) in [5.74, 6) is 1.08. The van der Waals surface area contributed by atoms with Crippen LogP contribution in [-0.2, 0) is 6.54 Å². The molecule has 0 amide bonds. The van der Waals surface area contributed by atoms with Gasteiger partial charge in [-0.15, -0.1) is 0 Å². The number of hydrogen-bond acceptors (Lipinski definition) is 3. The molecule has 19 heavy (non-hydrogen) atoms. The molecule has 1 fully saturated rings. The molecule has 0 atom stereocenters. The van der Waals surface area contributed by atoms with Gasteiger partial charge in [-0.2, -0.15) is 0 Å². The Kier molecular flexibility index (Phi) is 5.46. The van der Waals surface area contributed by atoms with E-state index in [1.54, 1.807) is 6.26 Å². The van der Waals surface area contributed by atoms with Crippen molar-refractivity contribution in [2.75, 3.05) is 26.2 Å². The summed E-state index contributed by atoms with van der Waals surface area (Å²) in [6.07, 6.45) is 7.30. The summed E-state index contributed by atoms with van der Waals surface area (Å²) in [6, 6.07) is 4.06. The molecule has 0 aliphatic heterocycles. The van der Waals surface area contributed by atoms with Gasteiger partial charge >= 0.3 is 0 Å². The fraction of sp³-hybridized carbons (Fsp3) is 0.750. The lowest BCUT2D eigenvalue weighted by atomic mass is 9.85. The summed E-state index contributed by atoms with van der Waals surface area (Å²) in [5, 5.41) is 3.57. The SMILES string of the molecule is CCNCC1(CN(CC)Cc2ccco2)CCCC1. The Morgan fingerprint density at radius 2 is 2.11 bits per heavy atom. The number of nitrogens with zero attached hydrogens (tertiary/aromatic N) is 1. The van der Waals surface area contributed by atoms with Crippen molar-refractivity contribution >= 4 is 0 Å². The van der Waals surface area contributed by atoms with E-state index in [1.807, 2.05) is 6.07 Å². The molecule has 1 aliphatic rings. The fourth-order valence-corrected chi connectivity index (χ4v) is 3.28. The highest BCUT2D eigenvalue weighted by Crippen LogP contribution is 2.38. The zero-order valence-corrected chi connectivity index (χ0v) is 12.5. The molecule has 0 radical (unpaired) electrons. The van der Waals surface area contributed by atoms with Gasteiger partial charge < -0.3 is 9.73 Å². The second-order valence-electron chi connectivity index (χ2n) is 5.87. The van der Waals surface area contributed by atoms with Crippen LogP contribution < -0.4 is 5.32 Å². The second kappa shape index (κ2) is 7.11. The maximum Gasteiger partial charge on any atom is 0.117 e. The van der Waals surface area contributed by atoms with Crippen molar-refractivity contribution in [1.29, 1.82) is 0 Å². The minimum absolute atomic E-state index is 0.485. The van der Waals surface area contributed by atoms with Gasteiger partial charge in [0.05, 0.1) is 12.8 Å². The van der Waals surface area contributed by atoms with Crippen molar-refractivity contribution in [1.82, 2.24) is 10.2 Å². The van der Waals surface area contributed by atoms with Gasteiger partial charge in [0.1, 0.15) is 5.76 Å². The molecule has 1 heterocycles. The lowest BCUT2D eigenvalue weighted by Crippen LogP contribution is -2.42. The van der Waals surface area contributed by atoms with Gasteiger partial charge in [-0.25, -0.2) is 0 Å². The fourth-order valence-electron chi connectivity index (χ4n) is 3.28. The maximum absolute atomic E-state index is 5.49. The Bertz CT molecular complexity index is 342. The standard InChI is InChI=1S/C16H28N2O/c1-3-17-13-16(9-5-6-10-16)14-18(4-2)12-15-8-7-11-19-15/h7-8,11,17H,3-6,9-10,12-14H2,1-2H3. The third-order valence-corrected chi connectivity index (χ3v) is 4.38. The molecule has 1 saturated carbocycles. The Hall–Kier alpha value is -0.800. The van der Waals surface area contributed by atoms with Crippen LogP contribution in [0.3, 0.4) is 0 Å². The molecular formula is C16H28N2O. The first kappa shape index (κ1) is 14.6. The van der Waals surface area contributed by atoms with Crippen LogP contribution in [0, 0.1) is 5.41 Å². The quantitative estimate of drug-likeness (QED) is 0.781. The average molecular weight is 264 g/mol. The Morgan fingerprint density at radius 1 is 1.32 bits per heavy atom. The summed E-state index contributed by atoms with van der Waals surface area (Å²) in [6.45, 7) is 9.91. The molecule has 0 aromatic carbocycles. The number of nitrogens with one attached hydrogen (secondary N) is 1. The molecule has 0 saturated heterocycles. The Morgan fingerprint density at radius 3 is 2.68 bits per heavy atom. The summed E-state index contributed by atoms with van der Waals surface area (Å²) >= 11 is 0. The van der Waals surface area contributed by atoms with Crippen LogP contribution in [0.5, 0.6) is 0 Å². The lowest BCUT2D eigenvalue weighted by molar-refractivity contribution is 0.141. The van der Waals surface area contributed by atoms with Gasteiger partial charge in [-0.1, -0.05) is 26.7 Å². The van der Waals surface area contributed by atoms with Crippen LogP contribution in [0.25, 0.3) is 0 Å². The summed E-state index contributed by atoms with van der Waals surface area (Å²) < 4.78 is 5.49. The van der Waals surface area contributed by atoms with E-state index in [4.69, 9.17) is 4.42 Å². The predicted octanol–water partition coefficient (Wildman–Crippen LogP) is 3.27. The monoisotopic (exact) mass is 264 g/mol. The molecular weight excluding hydrogens is 236 g/mol. The molecule has 1 N–H and O–H groups in total. The van der Waals surface area contributed by atoms with Crippen LogP contribution in [-0.4, -0.2) is 31.1 Å². The highest BCUT2D eigenvalue weighted by atomic mass is 16.3. The van der Waals surface area contributed by atoms with Crippen molar-refractivity contribution in [3.8, 4) is 0 Å². The lowest BCUT2D eigenvalue weighted by Gasteiger charge is -2.35. The number of hydrogen-bond donors (Lipinski definition) is 1. The first-order chi connectivity index (χ1) is 9.28. The highest BCUT2D eigenvalue weighted by molar-refractivity contribution is 4.99. The predicted molar refractivity (Wildman–Crippen MR) is 79.1 cm³/mol. The minimum atomic E-state index is 0.485. The van der Waals surface area contributed by atoms with Crippen LogP contribution >= 0.6 is 0 Å². The van der Waals surface area contributed by atoms with Crippen LogP contribution in [0.1, 0.15) is 45.3 Å². The first-order valence-corrected chi connectivity index (χ1v) is 7.73. The van der Waals surface area contributed by atoms with Crippen LogP contribution in [0.15, 0.2) is 22.8 Å². The van der Waals surface area contributed by atoms with Crippen molar-refractivity contribution < 1.29 is 4.42 Å². The number of rotatable bonds is 8. The highest BCUT2D eigenvalue weighted by Gasteiger charge is 2.34. The van der Waals surface area contributed by atoms with E-state index < -0.39 is 0 Å². The van der Waals surface area contributed by atoms with E-state index in [0.717, 1.165) is 31.9 Å². The van der Waals surface area contributed by atoms with Crippen molar-refractivity contribution in [2.24, 2.45) is 5.41 Å². The van der Waals surface area contributed by atoms with Crippen LogP contribution in [0.4, 0.5) is 0 Å². The van der Waals surface area contributed by atoms with Gasteiger partial charge in [-0.05, 0) is 43.5 Å². The van der Waals surface area contributed by atoms with E-state index in [9.17, 15) is 0 Å². The molecule has 1 aromatic rings. The van der Waals surface area contributed by atoms with E-state index in [2.05, 4.69) is 30.1 Å². The minimum Gasteiger partial charge on any atom is -0.468 e. The number of furan rings is 1. The zero-order valence-electron chi connectivity index (χ0n) is 12.5. The van der Waals surface area contributed by atoms with Crippen molar-refractivity contribution in [3.05, 3.63) is 24.2 Å². The topological polar surface area (TPSA) is 28.4 Å². The molecule has 1 aliphatic carbocycles. The van der Waals surface area contributed by atoms with Crippen molar-refractivity contribution in [3.63, 3.8) is 0 Å². The van der Waals surface area contributed by atoms with Crippen molar-refractivity contribution in [2.45, 2.75) is 46.1 Å². The maximum atomic E-state index is 5.49. The molecule has 0 unspecified atom stereocenters. The molecule has 1 aromatic heterocycles. The summed E-state index contributed by atoms with van der Waals surface area (Å²) in [7, 11) is 0. The third kappa shape index (κ3) is 4.08. The summed E-state index contributed by atoms with van der Waals surface area (Å²) in [5.41, 5.74) is 0.485. The van der Waals surface area contributed by atoms with Crippen LogP contribution in [0.2, 0.25) is 0 Å². The Labute approximate surface area is 117 Å².